The summed E-state index contributed by atoms with van der Waals surface area (Å²) < 4.78 is 5.44. The maximum atomic E-state index is 9.48. The molecule has 1 aliphatic heterocycles. The Labute approximate surface area is 92.4 Å². The van der Waals surface area contributed by atoms with Crippen molar-refractivity contribution in [3.63, 3.8) is 0 Å². The van der Waals surface area contributed by atoms with Crippen LogP contribution in [0.1, 0.15) is 38.5 Å². The van der Waals surface area contributed by atoms with Crippen molar-refractivity contribution in [2.75, 3.05) is 20.2 Å². The van der Waals surface area contributed by atoms with Gasteiger partial charge in [-0.3, -0.25) is 4.90 Å². The molecular formula is C12H23NO2. The van der Waals surface area contributed by atoms with Crippen LogP contribution in [0.3, 0.4) is 0 Å². The van der Waals surface area contributed by atoms with Crippen LogP contribution in [0.2, 0.25) is 0 Å². The number of ether oxygens (including phenoxy) is 1. The van der Waals surface area contributed by atoms with Crippen LogP contribution in [0.15, 0.2) is 0 Å². The lowest BCUT2D eigenvalue weighted by Gasteiger charge is -2.40. The Kier molecular flexibility index (Phi) is 4.00. The quantitative estimate of drug-likeness (QED) is 0.752. The lowest BCUT2D eigenvalue weighted by molar-refractivity contribution is -0.00293. The summed E-state index contributed by atoms with van der Waals surface area (Å²) in [6, 6.07) is 0.700. The average Bonchev–Trinajstić information content (AvgIpc) is 2.30. The Balaban J connectivity index is 1.82. The number of methoxy groups -OCH3 is 1. The van der Waals surface area contributed by atoms with Crippen molar-refractivity contribution < 1.29 is 9.84 Å². The van der Waals surface area contributed by atoms with Gasteiger partial charge in [-0.25, -0.2) is 0 Å². The van der Waals surface area contributed by atoms with Crippen molar-refractivity contribution in [2.45, 2.75) is 56.8 Å². The second-order valence-corrected chi connectivity index (χ2v) is 4.96. The Morgan fingerprint density at radius 2 is 1.87 bits per heavy atom. The van der Waals surface area contributed by atoms with E-state index in [0.29, 0.717) is 12.1 Å². The van der Waals surface area contributed by atoms with Crippen molar-refractivity contribution in [2.24, 2.45) is 0 Å². The van der Waals surface area contributed by atoms with E-state index in [1.54, 1.807) is 0 Å². The van der Waals surface area contributed by atoms with Crippen molar-refractivity contribution in [1.29, 1.82) is 0 Å². The predicted molar refractivity (Wildman–Crippen MR) is 59.9 cm³/mol. The molecule has 3 heteroatoms. The molecule has 0 aromatic carbocycles. The highest BCUT2D eigenvalue weighted by Crippen LogP contribution is 2.26. The van der Waals surface area contributed by atoms with Gasteiger partial charge in [-0.2, -0.15) is 0 Å². The van der Waals surface area contributed by atoms with Gasteiger partial charge in [-0.1, -0.05) is 0 Å². The van der Waals surface area contributed by atoms with Gasteiger partial charge in [0.15, 0.2) is 0 Å². The van der Waals surface area contributed by atoms with E-state index in [1.807, 2.05) is 7.11 Å². The zero-order valence-electron chi connectivity index (χ0n) is 9.69. The molecule has 1 saturated carbocycles. The third-order valence-electron chi connectivity index (χ3n) is 3.93. The van der Waals surface area contributed by atoms with E-state index < -0.39 is 0 Å². The summed E-state index contributed by atoms with van der Waals surface area (Å²) >= 11 is 0. The highest BCUT2D eigenvalue weighted by atomic mass is 16.5. The van der Waals surface area contributed by atoms with Crippen molar-refractivity contribution in [1.82, 2.24) is 4.90 Å². The first-order chi connectivity index (χ1) is 7.29. The third kappa shape index (κ3) is 2.92. The van der Waals surface area contributed by atoms with E-state index >= 15 is 0 Å². The monoisotopic (exact) mass is 213 g/mol. The first-order valence-corrected chi connectivity index (χ1v) is 6.24. The second kappa shape index (κ2) is 5.28. The topological polar surface area (TPSA) is 32.7 Å². The van der Waals surface area contributed by atoms with E-state index in [0.717, 1.165) is 32.2 Å². The van der Waals surface area contributed by atoms with Crippen LogP contribution in [0.4, 0.5) is 0 Å². The molecule has 1 atom stereocenters. The van der Waals surface area contributed by atoms with Gasteiger partial charge in [0.05, 0.1) is 12.2 Å². The molecule has 3 nitrogen and oxygen atoms in total. The number of rotatable bonds is 2. The fourth-order valence-electron chi connectivity index (χ4n) is 2.91. The average molecular weight is 213 g/mol. The summed E-state index contributed by atoms with van der Waals surface area (Å²) in [5, 5.41) is 9.48. The van der Waals surface area contributed by atoms with Crippen LogP contribution >= 0.6 is 0 Å². The number of hydrogen-bond acceptors (Lipinski definition) is 3. The third-order valence-corrected chi connectivity index (χ3v) is 3.93. The summed E-state index contributed by atoms with van der Waals surface area (Å²) in [5.41, 5.74) is 0. The fourth-order valence-corrected chi connectivity index (χ4v) is 2.91. The van der Waals surface area contributed by atoms with Crippen molar-refractivity contribution >= 4 is 0 Å². The molecule has 1 unspecified atom stereocenters. The smallest absolute Gasteiger partial charge is 0.0698 e. The molecule has 0 radical (unpaired) electrons. The Hall–Kier alpha value is -0.120. The largest absolute Gasteiger partial charge is 0.393 e. The van der Waals surface area contributed by atoms with Gasteiger partial charge in [0.2, 0.25) is 0 Å². The Morgan fingerprint density at radius 1 is 1.13 bits per heavy atom. The predicted octanol–water partition coefficient (Wildman–Crippen LogP) is 1.40. The van der Waals surface area contributed by atoms with Crippen LogP contribution in [0, 0.1) is 0 Å². The van der Waals surface area contributed by atoms with E-state index in [-0.39, 0.29) is 6.10 Å². The summed E-state index contributed by atoms with van der Waals surface area (Å²) in [4.78, 5) is 2.57. The molecule has 2 rings (SSSR count). The Morgan fingerprint density at radius 3 is 2.53 bits per heavy atom. The van der Waals surface area contributed by atoms with Gasteiger partial charge in [0.1, 0.15) is 0 Å². The Bertz CT molecular complexity index is 190. The molecule has 0 aromatic rings. The first-order valence-electron chi connectivity index (χ1n) is 6.24. The van der Waals surface area contributed by atoms with Gasteiger partial charge >= 0.3 is 0 Å². The molecule has 0 spiro atoms. The van der Waals surface area contributed by atoms with Crippen LogP contribution in [-0.2, 0) is 4.74 Å². The van der Waals surface area contributed by atoms with Crippen LogP contribution in [-0.4, -0.2) is 48.5 Å². The van der Waals surface area contributed by atoms with Gasteiger partial charge in [0, 0.05) is 19.7 Å². The number of piperidine rings is 1. The molecule has 2 fully saturated rings. The minimum absolute atomic E-state index is 0.0377. The van der Waals surface area contributed by atoms with Crippen molar-refractivity contribution in [3.8, 4) is 0 Å². The van der Waals surface area contributed by atoms with Gasteiger partial charge in [-0.15, -0.1) is 0 Å². The highest BCUT2D eigenvalue weighted by Gasteiger charge is 2.28. The lowest BCUT2D eigenvalue weighted by atomic mass is 9.90. The summed E-state index contributed by atoms with van der Waals surface area (Å²) in [7, 11) is 1.82. The van der Waals surface area contributed by atoms with E-state index in [2.05, 4.69) is 4.90 Å². The van der Waals surface area contributed by atoms with E-state index in [1.165, 1.54) is 19.4 Å². The number of hydrogen-bond donors (Lipinski definition) is 1. The normalized spacial score (nSPS) is 39.2. The van der Waals surface area contributed by atoms with Crippen LogP contribution in [0.25, 0.3) is 0 Å². The van der Waals surface area contributed by atoms with Gasteiger partial charge in [0.25, 0.3) is 0 Å². The second-order valence-electron chi connectivity index (χ2n) is 4.96. The minimum Gasteiger partial charge on any atom is -0.393 e. The van der Waals surface area contributed by atoms with Gasteiger partial charge in [-0.05, 0) is 45.1 Å². The molecule has 2 aliphatic rings. The molecule has 1 saturated heterocycles. The van der Waals surface area contributed by atoms with Crippen LogP contribution < -0.4 is 0 Å². The molecular weight excluding hydrogens is 190 g/mol. The van der Waals surface area contributed by atoms with E-state index in [9.17, 15) is 5.11 Å². The summed E-state index contributed by atoms with van der Waals surface area (Å²) in [5.74, 6) is 0. The number of aliphatic hydroxyl groups excluding tert-OH is 1. The van der Waals surface area contributed by atoms with Gasteiger partial charge < -0.3 is 9.84 Å². The molecule has 1 N–H and O–H groups in total. The molecule has 0 aromatic heterocycles. The zero-order chi connectivity index (χ0) is 10.7. The zero-order valence-corrected chi connectivity index (χ0v) is 9.69. The summed E-state index contributed by atoms with van der Waals surface area (Å²) in [6.45, 7) is 2.32. The lowest BCUT2D eigenvalue weighted by Crippen LogP contribution is -2.46. The number of nitrogens with zero attached hydrogens (tertiary/aromatic N) is 1. The first kappa shape index (κ1) is 11.4. The SMILES string of the molecule is COC1CCCN(C2CCC(O)CC2)C1. The molecule has 1 heterocycles. The molecule has 0 bridgehead atoms. The molecule has 15 heavy (non-hydrogen) atoms. The molecule has 88 valence electrons. The number of likely N-dealkylation sites (tertiary alicyclic amines) is 1. The molecule has 1 aliphatic carbocycles. The maximum Gasteiger partial charge on any atom is 0.0698 e. The van der Waals surface area contributed by atoms with Crippen molar-refractivity contribution in [3.05, 3.63) is 0 Å². The molecule has 0 amide bonds. The van der Waals surface area contributed by atoms with E-state index in [4.69, 9.17) is 4.74 Å². The number of aliphatic hydroxyl groups is 1. The summed E-state index contributed by atoms with van der Waals surface area (Å²) in [6.07, 6.45) is 7.17. The standard InChI is InChI=1S/C12H23NO2/c1-15-12-3-2-8-13(9-12)10-4-6-11(14)7-5-10/h10-12,14H,2-9H2,1H3. The highest BCUT2D eigenvalue weighted by molar-refractivity contribution is 4.83. The maximum absolute atomic E-state index is 9.48. The fraction of sp³-hybridized carbons (Fsp3) is 1.00. The minimum atomic E-state index is -0.0377. The van der Waals surface area contributed by atoms with Crippen LogP contribution in [0.5, 0.6) is 0 Å².